The first kappa shape index (κ1) is 8.02. The second-order valence-electron chi connectivity index (χ2n) is 3.45. The van der Waals surface area contributed by atoms with Crippen LogP contribution in [0, 0.1) is 0 Å². The summed E-state index contributed by atoms with van der Waals surface area (Å²) in [7, 11) is 0. The third kappa shape index (κ3) is 1.70. The molecule has 10 heavy (non-hydrogen) atoms. The standard InChI is InChI=1S/C8H17NO/c1-2-8(9)5-3-7(10)4-6-8/h7,10H,2-6,9H2,1H3. The molecule has 0 aromatic heterocycles. The molecule has 0 unspecified atom stereocenters. The third-order valence-corrected chi connectivity index (χ3v) is 2.66. The van der Waals surface area contributed by atoms with Gasteiger partial charge in [-0.05, 0) is 32.1 Å². The predicted molar refractivity (Wildman–Crippen MR) is 41.7 cm³/mol. The molecule has 0 aromatic carbocycles. The molecule has 0 heterocycles. The van der Waals surface area contributed by atoms with Crippen molar-refractivity contribution in [3.8, 4) is 0 Å². The summed E-state index contributed by atoms with van der Waals surface area (Å²) in [6.07, 6.45) is 4.73. The van der Waals surface area contributed by atoms with Crippen LogP contribution < -0.4 is 5.73 Å². The topological polar surface area (TPSA) is 46.2 Å². The third-order valence-electron chi connectivity index (χ3n) is 2.66. The van der Waals surface area contributed by atoms with E-state index in [1.807, 2.05) is 0 Å². The normalized spacial score (nSPS) is 41.7. The minimum Gasteiger partial charge on any atom is -0.393 e. The molecule has 0 aliphatic heterocycles. The van der Waals surface area contributed by atoms with Crippen LogP contribution in [-0.4, -0.2) is 16.7 Å². The highest BCUT2D eigenvalue weighted by Crippen LogP contribution is 2.28. The first-order chi connectivity index (χ1) is 4.66. The lowest BCUT2D eigenvalue weighted by atomic mass is 9.79. The zero-order chi connectivity index (χ0) is 7.61. The van der Waals surface area contributed by atoms with E-state index in [1.54, 1.807) is 0 Å². The van der Waals surface area contributed by atoms with E-state index in [-0.39, 0.29) is 11.6 Å². The van der Waals surface area contributed by atoms with E-state index in [1.165, 1.54) is 0 Å². The number of hydrogen-bond acceptors (Lipinski definition) is 2. The summed E-state index contributed by atoms with van der Waals surface area (Å²) in [5.41, 5.74) is 6.05. The molecule has 0 amide bonds. The summed E-state index contributed by atoms with van der Waals surface area (Å²) in [6, 6.07) is 0. The van der Waals surface area contributed by atoms with Gasteiger partial charge in [-0.15, -0.1) is 0 Å². The molecule has 1 aliphatic carbocycles. The monoisotopic (exact) mass is 143 g/mol. The highest BCUT2D eigenvalue weighted by Gasteiger charge is 2.28. The maximum Gasteiger partial charge on any atom is 0.0541 e. The van der Waals surface area contributed by atoms with Gasteiger partial charge in [-0.25, -0.2) is 0 Å². The average molecular weight is 143 g/mol. The smallest absolute Gasteiger partial charge is 0.0541 e. The molecule has 0 atom stereocenters. The van der Waals surface area contributed by atoms with Crippen molar-refractivity contribution in [3.63, 3.8) is 0 Å². The summed E-state index contributed by atoms with van der Waals surface area (Å²) in [4.78, 5) is 0. The van der Waals surface area contributed by atoms with Crippen LogP contribution in [0.4, 0.5) is 0 Å². The fraction of sp³-hybridized carbons (Fsp3) is 1.00. The Hall–Kier alpha value is -0.0800. The van der Waals surface area contributed by atoms with E-state index in [2.05, 4.69) is 6.92 Å². The Labute approximate surface area is 62.4 Å². The molecule has 2 heteroatoms. The van der Waals surface area contributed by atoms with Gasteiger partial charge >= 0.3 is 0 Å². The lowest BCUT2D eigenvalue weighted by Gasteiger charge is -2.34. The van der Waals surface area contributed by atoms with E-state index >= 15 is 0 Å². The lowest BCUT2D eigenvalue weighted by Crippen LogP contribution is -2.43. The highest BCUT2D eigenvalue weighted by atomic mass is 16.3. The first-order valence-electron chi connectivity index (χ1n) is 4.13. The summed E-state index contributed by atoms with van der Waals surface area (Å²) in [5.74, 6) is 0. The summed E-state index contributed by atoms with van der Waals surface area (Å²) in [6.45, 7) is 2.12. The van der Waals surface area contributed by atoms with Gasteiger partial charge in [0.1, 0.15) is 0 Å². The van der Waals surface area contributed by atoms with E-state index in [9.17, 15) is 5.11 Å². The zero-order valence-electron chi connectivity index (χ0n) is 6.64. The number of aliphatic hydroxyl groups is 1. The van der Waals surface area contributed by atoms with Crippen LogP contribution in [0.5, 0.6) is 0 Å². The quantitative estimate of drug-likeness (QED) is 0.576. The molecule has 0 saturated heterocycles. The van der Waals surface area contributed by atoms with Crippen molar-refractivity contribution >= 4 is 0 Å². The van der Waals surface area contributed by atoms with Gasteiger partial charge in [0.25, 0.3) is 0 Å². The number of aliphatic hydroxyl groups excluding tert-OH is 1. The average Bonchev–Trinajstić information content (AvgIpc) is 1.96. The highest BCUT2D eigenvalue weighted by molar-refractivity contribution is 4.88. The summed E-state index contributed by atoms with van der Waals surface area (Å²) >= 11 is 0. The molecule has 0 radical (unpaired) electrons. The molecular formula is C8H17NO. The minimum atomic E-state index is -0.0803. The maximum absolute atomic E-state index is 9.18. The van der Waals surface area contributed by atoms with Gasteiger partial charge in [0, 0.05) is 5.54 Å². The van der Waals surface area contributed by atoms with Crippen molar-refractivity contribution in [1.82, 2.24) is 0 Å². The molecule has 0 spiro atoms. The SMILES string of the molecule is CCC1(N)CCC(O)CC1. The van der Waals surface area contributed by atoms with Crippen molar-refractivity contribution in [1.29, 1.82) is 0 Å². The molecule has 0 bridgehead atoms. The second kappa shape index (κ2) is 2.89. The second-order valence-corrected chi connectivity index (χ2v) is 3.45. The molecule has 60 valence electrons. The lowest BCUT2D eigenvalue weighted by molar-refractivity contribution is 0.0960. The molecular weight excluding hydrogens is 126 g/mol. The Morgan fingerprint density at radius 3 is 2.40 bits per heavy atom. The zero-order valence-corrected chi connectivity index (χ0v) is 6.64. The molecule has 2 nitrogen and oxygen atoms in total. The van der Waals surface area contributed by atoms with Gasteiger partial charge in [0.05, 0.1) is 6.10 Å². The van der Waals surface area contributed by atoms with E-state index in [0.717, 1.165) is 32.1 Å². The maximum atomic E-state index is 9.18. The van der Waals surface area contributed by atoms with Crippen LogP contribution in [0.2, 0.25) is 0 Å². The summed E-state index contributed by atoms with van der Waals surface area (Å²) in [5, 5.41) is 9.18. The molecule has 1 rings (SSSR count). The molecule has 1 aliphatic rings. The van der Waals surface area contributed by atoms with Crippen molar-refractivity contribution < 1.29 is 5.11 Å². The largest absolute Gasteiger partial charge is 0.393 e. The number of hydrogen-bond donors (Lipinski definition) is 2. The van der Waals surface area contributed by atoms with Crippen LogP contribution in [0.25, 0.3) is 0 Å². The van der Waals surface area contributed by atoms with Crippen LogP contribution in [0.3, 0.4) is 0 Å². The summed E-state index contributed by atoms with van der Waals surface area (Å²) < 4.78 is 0. The predicted octanol–water partition coefficient (Wildman–Crippen LogP) is 1.03. The molecule has 1 saturated carbocycles. The van der Waals surface area contributed by atoms with E-state index in [4.69, 9.17) is 5.73 Å². The van der Waals surface area contributed by atoms with Crippen LogP contribution in [-0.2, 0) is 0 Å². The fourth-order valence-electron chi connectivity index (χ4n) is 1.53. The van der Waals surface area contributed by atoms with Crippen LogP contribution in [0.1, 0.15) is 39.0 Å². The Balaban J connectivity index is 2.38. The van der Waals surface area contributed by atoms with Gasteiger partial charge in [0.15, 0.2) is 0 Å². The first-order valence-corrected chi connectivity index (χ1v) is 4.13. The Morgan fingerprint density at radius 1 is 1.50 bits per heavy atom. The molecule has 0 aromatic rings. The van der Waals surface area contributed by atoms with Crippen molar-refractivity contribution in [2.24, 2.45) is 5.73 Å². The van der Waals surface area contributed by atoms with Gasteiger partial charge in [-0.1, -0.05) is 6.92 Å². The Morgan fingerprint density at radius 2 is 2.00 bits per heavy atom. The van der Waals surface area contributed by atoms with Gasteiger partial charge in [-0.2, -0.15) is 0 Å². The molecule has 1 fully saturated rings. The van der Waals surface area contributed by atoms with Gasteiger partial charge < -0.3 is 10.8 Å². The van der Waals surface area contributed by atoms with Gasteiger partial charge in [-0.3, -0.25) is 0 Å². The van der Waals surface area contributed by atoms with E-state index in [0.29, 0.717) is 0 Å². The van der Waals surface area contributed by atoms with Crippen molar-refractivity contribution in [2.45, 2.75) is 50.7 Å². The Kier molecular flexibility index (Phi) is 2.32. The van der Waals surface area contributed by atoms with Crippen molar-refractivity contribution in [2.75, 3.05) is 0 Å². The van der Waals surface area contributed by atoms with Crippen LogP contribution >= 0.6 is 0 Å². The van der Waals surface area contributed by atoms with Crippen LogP contribution in [0.15, 0.2) is 0 Å². The van der Waals surface area contributed by atoms with Gasteiger partial charge in [0.2, 0.25) is 0 Å². The Bertz CT molecular complexity index is 106. The molecule has 3 N–H and O–H groups in total. The van der Waals surface area contributed by atoms with E-state index < -0.39 is 0 Å². The fourth-order valence-corrected chi connectivity index (χ4v) is 1.53. The number of nitrogens with two attached hydrogens (primary N) is 1. The minimum absolute atomic E-state index is 0.0409. The van der Waals surface area contributed by atoms with Crippen molar-refractivity contribution in [3.05, 3.63) is 0 Å². The number of rotatable bonds is 1.